The molecule has 0 saturated carbocycles. The molecule has 0 aliphatic rings. The summed E-state index contributed by atoms with van der Waals surface area (Å²) in [5.74, 6) is 0.786. The summed E-state index contributed by atoms with van der Waals surface area (Å²) in [6.45, 7) is 0.530. The van der Waals surface area contributed by atoms with Crippen LogP contribution in [-0.2, 0) is 0 Å². The Hall–Kier alpha value is -2.12. The van der Waals surface area contributed by atoms with Gasteiger partial charge in [0.25, 0.3) is 5.69 Å². The highest BCUT2D eigenvalue weighted by molar-refractivity contribution is 9.10. The number of ether oxygens (including phenoxy) is 1. The van der Waals surface area contributed by atoms with E-state index < -0.39 is 0 Å². The average Bonchev–Trinajstić information content (AvgIpc) is 2.56. The molecule has 0 spiro atoms. The van der Waals surface area contributed by atoms with E-state index in [1.807, 2.05) is 38.4 Å². The molecule has 128 valence electrons. The number of methoxy groups -OCH3 is 1. The van der Waals surface area contributed by atoms with E-state index in [4.69, 9.17) is 4.74 Å². The minimum atomic E-state index is -0.386. The zero-order valence-corrected chi connectivity index (χ0v) is 15.4. The molecule has 0 aliphatic carbocycles. The number of anilines is 1. The summed E-state index contributed by atoms with van der Waals surface area (Å²) in [7, 11) is 5.58. The van der Waals surface area contributed by atoms with E-state index in [0.29, 0.717) is 16.7 Å². The maximum atomic E-state index is 11.2. The fourth-order valence-electron chi connectivity index (χ4n) is 2.46. The first-order valence-electron chi connectivity index (χ1n) is 7.40. The van der Waals surface area contributed by atoms with Crippen LogP contribution in [0.1, 0.15) is 11.6 Å². The van der Waals surface area contributed by atoms with Gasteiger partial charge in [-0.25, -0.2) is 0 Å². The second kappa shape index (κ2) is 8.12. The number of nitrogens with one attached hydrogen (secondary N) is 1. The Labute approximate surface area is 149 Å². The van der Waals surface area contributed by atoms with E-state index in [1.165, 1.54) is 6.07 Å². The maximum absolute atomic E-state index is 11.2. The summed E-state index contributed by atoms with van der Waals surface area (Å²) < 4.78 is 5.96. The highest BCUT2D eigenvalue weighted by atomic mass is 79.9. The smallest absolute Gasteiger partial charge is 0.293 e. The van der Waals surface area contributed by atoms with Crippen molar-refractivity contribution in [2.45, 2.75) is 6.04 Å². The third-order valence-electron chi connectivity index (χ3n) is 3.74. The van der Waals surface area contributed by atoms with Crippen molar-refractivity contribution < 1.29 is 9.66 Å². The van der Waals surface area contributed by atoms with Gasteiger partial charge in [-0.05, 0) is 43.9 Å². The molecule has 0 aromatic heterocycles. The Morgan fingerprint density at radius 1 is 1.29 bits per heavy atom. The van der Waals surface area contributed by atoms with Crippen molar-refractivity contribution in [3.63, 3.8) is 0 Å². The van der Waals surface area contributed by atoms with Gasteiger partial charge in [-0.2, -0.15) is 0 Å². The summed E-state index contributed by atoms with van der Waals surface area (Å²) in [6.07, 6.45) is 0. The minimum absolute atomic E-state index is 0.0448. The van der Waals surface area contributed by atoms with E-state index in [0.717, 1.165) is 11.3 Å². The van der Waals surface area contributed by atoms with Crippen LogP contribution in [0.3, 0.4) is 0 Å². The molecular weight excluding hydrogens is 374 g/mol. The summed E-state index contributed by atoms with van der Waals surface area (Å²) in [5, 5.41) is 14.4. The van der Waals surface area contributed by atoms with Crippen LogP contribution in [0.4, 0.5) is 11.4 Å². The van der Waals surface area contributed by atoms with Crippen LogP contribution in [-0.4, -0.2) is 37.6 Å². The SMILES string of the molecule is COc1cccc(C(CNc2ccc(Br)cc2[N+](=O)[O-])N(C)C)c1. The van der Waals surface area contributed by atoms with E-state index in [2.05, 4.69) is 26.1 Å². The van der Waals surface area contributed by atoms with Crippen molar-refractivity contribution in [3.05, 3.63) is 62.6 Å². The van der Waals surface area contributed by atoms with Crippen LogP contribution >= 0.6 is 15.9 Å². The predicted molar refractivity (Wildman–Crippen MR) is 98.7 cm³/mol. The molecule has 1 unspecified atom stereocenters. The van der Waals surface area contributed by atoms with Gasteiger partial charge >= 0.3 is 0 Å². The lowest BCUT2D eigenvalue weighted by Crippen LogP contribution is -2.27. The molecule has 0 heterocycles. The molecule has 1 atom stereocenters. The second-order valence-corrected chi connectivity index (χ2v) is 6.47. The molecule has 0 bridgehead atoms. The van der Waals surface area contributed by atoms with Gasteiger partial charge in [-0.15, -0.1) is 0 Å². The molecule has 2 aromatic rings. The van der Waals surface area contributed by atoms with Crippen molar-refractivity contribution in [1.82, 2.24) is 4.90 Å². The van der Waals surface area contributed by atoms with E-state index in [9.17, 15) is 10.1 Å². The highest BCUT2D eigenvalue weighted by Gasteiger charge is 2.18. The summed E-state index contributed by atoms with van der Waals surface area (Å²) in [4.78, 5) is 12.9. The molecule has 0 amide bonds. The number of likely N-dealkylation sites (N-methyl/N-ethyl adjacent to an activating group) is 1. The third kappa shape index (κ3) is 4.46. The molecule has 0 saturated heterocycles. The topological polar surface area (TPSA) is 67.6 Å². The Kier molecular flexibility index (Phi) is 6.16. The lowest BCUT2D eigenvalue weighted by atomic mass is 10.1. The number of nitrogens with zero attached hydrogens (tertiary/aromatic N) is 2. The van der Waals surface area contributed by atoms with Gasteiger partial charge in [0.1, 0.15) is 11.4 Å². The van der Waals surface area contributed by atoms with Crippen LogP contribution < -0.4 is 10.1 Å². The molecule has 2 aromatic carbocycles. The van der Waals surface area contributed by atoms with Crippen LogP contribution in [0, 0.1) is 10.1 Å². The molecule has 24 heavy (non-hydrogen) atoms. The van der Waals surface area contributed by atoms with Gasteiger partial charge in [0.15, 0.2) is 0 Å². The number of nitro benzene ring substituents is 1. The molecular formula is C17H20BrN3O3. The van der Waals surface area contributed by atoms with Crippen LogP contribution in [0.15, 0.2) is 46.9 Å². The van der Waals surface area contributed by atoms with E-state index >= 15 is 0 Å². The van der Waals surface area contributed by atoms with Crippen molar-refractivity contribution in [2.75, 3.05) is 33.1 Å². The Morgan fingerprint density at radius 2 is 2.04 bits per heavy atom. The van der Waals surface area contributed by atoms with E-state index in [-0.39, 0.29) is 16.7 Å². The largest absolute Gasteiger partial charge is 0.497 e. The Balaban J connectivity index is 2.22. The lowest BCUT2D eigenvalue weighted by Gasteiger charge is -2.26. The first-order chi connectivity index (χ1) is 11.4. The fourth-order valence-corrected chi connectivity index (χ4v) is 2.81. The minimum Gasteiger partial charge on any atom is -0.497 e. The number of halogens is 1. The predicted octanol–water partition coefficient (Wildman–Crippen LogP) is 4.08. The molecule has 0 fully saturated rings. The van der Waals surface area contributed by atoms with Gasteiger partial charge in [-0.1, -0.05) is 28.1 Å². The maximum Gasteiger partial charge on any atom is 0.293 e. The highest BCUT2D eigenvalue weighted by Crippen LogP contribution is 2.29. The fraction of sp³-hybridized carbons (Fsp3) is 0.294. The van der Waals surface area contributed by atoms with Crippen molar-refractivity contribution in [1.29, 1.82) is 0 Å². The summed E-state index contributed by atoms with van der Waals surface area (Å²) in [6, 6.07) is 12.9. The van der Waals surface area contributed by atoms with Crippen LogP contribution in [0.5, 0.6) is 5.75 Å². The number of benzene rings is 2. The van der Waals surface area contributed by atoms with Crippen molar-refractivity contribution in [2.24, 2.45) is 0 Å². The monoisotopic (exact) mass is 393 g/mol. The lowest BCUT2D eigenvalue weighted by molar-refractivity contribution is -0.384. The van der Waals surface area contributed by atoms with Crippen molar-refractivity contribution >= 4 is 27.3 Å². The first kappa shape index (κ1) is 18.2. The van der Waals surface area contributed by atoms with Gasteiger partial charge in [0.05, 0.1) is 18.1 Å². The number of hydrogen-bond acceptors (Lipinski definition) is 5. The number of nitro groups is 1. The first-order valence-corrected chi connectivity index (χ1v) is 8.20. The quantitative estimate of drug-likeness (QED) is 0.566. The second-order valence-electron chi connectivity index (χ2n) is 5.56. The van der Waals surface area contributed by atoms with Crippen LogP contribution in [0.25, 0.3) is 0 Å². The van der Waals surface area contributed by atoms with E-state index in [1.54, 1.807) is 19.2 Å². The average molecular weight is 394 g/mol. The molecule has 0 radical (unpaired) electrons. The van der Waals surface area contributed by atoms with Gasteiger partial charge < -0.3 is 15.0 Å². The molecule has 2 rings (SSSR count). The van der Waals surface area contributed by atoms with Gasteiger partial charge in [0, 0.05) is 17.1 Å². The van der Waals surface area contributed by atoms with Gasteiger partial charge in [0.2, 0.25) is 0 Å². The van der Waals surface area contributed by atoms with Crippen molar-refractivity contribution in [3.8, 4) is 5.75 Å². The standard InChI is InChI=1S/C17H20BrN3O3/c1-20(2)17(12-5-4-6-14(9-12)24-3)11-19-15-8-7-13(18)10-16(15)21(22)23/h4-10,17,19H,11H2,1-3H3. The van der Waals surface area contributed by atoms with Gasteiger partial charge in [-0.3, -0.25) is 10.1 Å². The Morgan fingerprint density at radius 3 is 2.67 bits per heavy atom. The normalized spacial score (nSPS) is 12.0. The molecule has 0 aliphatic heterocycles. The molecule has 1 N–H and O–H groups in total. The summed E-state index contributed by atoms with van der Waals surface area (Å²) >= 11 is 3.27. The zero-order chi connectivity index (χ0) is 17.7. The summed E-state index contributed by atoms with van der Waals surface area (Å²) in [5.41, 5.74) is 1.62. The number of rotatable bonds is 7. The molecule has 7 heteroatoms. The molecule has 6 nitrogen and oxygen atoms in total. The number of hydrogen-bond donors (Lipinski definition) is 1. The third-order valence-corrected chi connectivity index (χ3v) is 4.24. The van der Waals surface area contributed by atoms with Crippen LogP contribution in [0.2, 0.25) is 0 Å². The Bertz CT molecular complexity index is 722. The zero-order valence-electron chi connectivity index (χ0n) is 13.8.